The van der Waals surface area contributed by atoms with Crippen LogP contribution in [0.5, 0.6) is 0 Å². The zero-order valence-corrected chi connectivity index (χ0v) is 9.33. The Bertz CT molecular complexity index is 316. The molecule has 1 aliphatic carbocycles. The van der Waals surface area contributed by atoms with E-state index in [-0.39, 0.29) is 5.38 Å². The van der Waals surface area contributed by atoms with Gasteiger partial charge in [-0.2, -0.15) is 0 Å². The molecule has 1 heterocycles. The summed E-state index contributed by atoms with van der Waals surface area (Å²) in [7, 11) is 0. The van der Waals surface area contributed by atoms with E-state index in [1.807, 2.05) is 11.6 Å². The lowest BCUT2D eigenvalue weighted by atomic mass is 9.70. The maximum absolute atomic E-state index is 5.98. The van der Waals surface area contributed by atoms with Gasteiger partial charge < -0.3 is 0 Å². The molecule has 4 nitrogen and oxygen atoms in total. The van der Waals surface area contributed by atoms with E-state index in [0.29, 0.717) is 5.41 Å². The fourth-order valence-corrected chi connectivity index (χ4v) is 2.07. The minimum absolute atomic E-state index is 0.117. The van der Waals surface area contributed by atoms with E-state index in [9.17, 15) is 0 Å². The smallest absolute Gasteiger partial charge is 0.168 e. The predicted octanol–water partition coefficient (Wildman–Crippen LogP) is 2.16. The average Bonchev–Trinajstić information content (AvgIpc) is 2.49. The summed E-state index contributed by atoms with van der Waals surface area (Å²) < 4.78 is 1.84. The van der Waals surface area contributed by atoms with E-state index in [0.717, 1.165) is 12.4 Å². The Hall–Kier alpha value is -0.640. The van der Waals surface area contributed by atoms with Crippen LogP contribution in [0.25, 0.3) is 0 Å². The van der Waals surface area contributed by atoms with Crippen molar-refractivity contribution in [2.45, 2.75) is 45.0 Å². The molecule has 0 amide bonds. The molecule has 0 spiro atoms. The van der Waals surface area contributed by atoms with Crippen LogP contribution in [0, 0.1) is 5.41 Å². The summed E-state index contributed by atoms with van der Waals surface area (Å²) in [6, 6.07) is 0. The second kappa shape index (κ2) is 3.50. The number of tetrazole rings is 1. The highest BCUT2D eigenvalue weighted by Crippen LogP contribution is 2.41. The van der Waals surface area contributed by atoms with Crippen LogP contribution in [0.4, 0.5) is 0 Å². The normalized spacial score (nSPS) is 21.6. The molecule has 1 fully saturated rings. The van der Waals surface area contributed by atoms with Gasteiger partial charge in [-0.3, -0.25) is 0 Å². The predicted molar refractivity (Wildman–Crippen MR) is 54.0 cm³/mol. The molecular weight excluding hydrogens is 200 g/mol. The van der Waals surface area contributed by atoms with Crippen molar-refractivity contribution < 1.29 is 0 Å². The van der Waals surface area contributed by atoms with Gasteiger partial charge in [0.05, 0.1) is 11.9 Å². The lowest BCUT2D eigenvalue weighted by Gasteiger charge is -2.38. The first-order chi connectivity index (χ1) is 6.61. The Morgan fingerprint density at radius 1 is 1.57 bits per heavy atom. The molecule has 5 heteroatoms. The number of hydrogen-bond acceptors (Lipinski definition) is 3. The highest BCUT2D eigenvalue weighted by atomic mass is 35.5. The topological polar surface area (TPSA) is 43.6 Å². The second-order valence-corrected chi connectivity index (χ2v) is 5.13. The van der Waals surface area contributed by atoms with Gasteiger partial charge in [0.1, 0.15) is 0 Å². The van der Waals surface area contributed by atoms with Crippen molar-refractivity contribution in [1.29, 1.82) is 0 Å². The molecule has 0 aromatic carbocycles. The zero-order valence-electron chi connectivity index (χ0n) is 8.57. The van der Waals surface area contributed by atoms with Crippen LogP contribution >= 0.6 is 11.6 Å². The number of aromatic nitrogens is 4. The second-order valence-electron chi connectivity index (χ2n) is 4.47. The minimum atomic E-state index is -0.117. The number of hydrogen-bond donors (Lipinski definition) is 0. The molecule has 0 N–H and O–H groups in total. The van der Waals surface area contributed by atoms with E-state index in [2.05, 4.69) is 22.4 Å². The largest absolute Gasteiger partial charge is 0.228 e. The van der Waals surface area contributed by atoms with E-state index >= 15 is 0 Å². The standard InChI is InChI=1S/C9H15ClN4/c1-7(10)8-11-12-13-14(8)6-9(2)4-3-5-9/h7H,3-6H2,1-2H3. The van der Waals surface area contributed by atoms with E-state index in [1.165, 1.54) is 19.3 Å². The Morgan fingerprint density at radius 3 is 2.79 bits per heavy atom. The maximum Gasteiger partial charge on any atom is 0.168 e. The fraction of sp³-hybridized carbons (Fsp3) is 0.889. The molecule has 14 heavy (non-hydrogen) atoms. The van der Waals surface area contributed by atoms with Crippen LogP contribution in [-0.2, 0) is 6.54 Å². The van der Waals surface area contributed by atoms with Crippen LogP contribution in [0.3, 0.4) is 0 Å². The molecule has 1 saturated carbocycles. The van der Waals surface area contributed by atoms with E-state index in [1.54, 1.807) is 0 Å². The Balaban J connectivity index is 2.12. The molecule has 0 bridgehead atoms. The third-order valence-corrected chi connectivity index (χ3v) is 3.20. The monoisotopic (exact) mass is 214 g/mol. The van der Waals surface area contributed by atoms with Crippen molar-refractivity contribution in [3.05, 3.63) is 5.82 Å². The highest BCUT2D eigenvalue weighted by molar-refractivity contribution is 6.20. The lowest BCUT2D eigenvalue weighted by Crippen LogP contribution is -2.32. The molecule has 1 aromatic heterocycles. The minimum Gasteiger partial charge on any atom is -0.228 e. The SMILES string of the molecule is CC(Cl)c1nnnn1CC1(C)CCC1. The first-order valence-electron chi connectivity index (χ1n) is 5.01. The third kappa shape index (κ3) is 1.75. The molecule has 2 rings (SSSR count). The van der Waals surface area contributed by atoms with Gasteiger partial charge in [-0.25, -0.2) is 4.68 Å². The molecule has 0 aliphatic heterocycles. The Morgan fingerprint density at radius 2 is 2.29 bits per heavy atom. The van der Waals surface area contributed by atoms with Crippen LogP contribution in [0.1, 0.15) is 44.3 Å². The summed E-state index contributed by atoms with van der Waals surface area (Å²) in [6.07, 6.45) is 3.86. The quantitative estimate of drug-likeness (QED) is 0.725. The summed E-state index contributed by atoms with van der Waals surface area (Å²) >= 11 is 5.98. The number of alkyl halides is 1. The van der Waals surface area contributed by atoms with Crippen molar-refractivity contribution in [2.75, 3.05) is 0 Å². The van der Waals surface area contributed by atoms with Crippen molar-refractivity contribution in [1.82, 2.24) is 20.2 Å². The van der Waals surface area contributed by atoms with Crippen LogP contribution < -0.4 is 0 Å². The summed E-state index contributed by atoms with van der Waals surface area (Å²) in [5.41, 5.74) is 0.385. The van der Waals surface area contributed by atoms with Gasteiger partial charge in [0, 0.05) is 0 Å². The van der Waals surface area contributed by atoms with Gasteiger partial charge in [0.25, 0.3) is 0 Å². The molecule has 1 unspecified atom stereocenters. The van der Waals surface area contributed by atoms with Gasteiger partial charge in [-0.05, 0) is 35.6 Å². The number of rotatable bonds is 3. The maximum atomic E-state index is 5.98. The van der Waals surface area contributed by atoms with Crippen molar-refractivity contribution in [2.24, 2.45) is 5.41 Å². The Labute approximate surface area is 88.6 Å². The van der Waals surface area contributed by atoms with Crippen molar-refractivity contribution in [3.63, 3.8) is 0 Å². The number of halogens is 1. The molecule has 1 aromatic rings. The van der Waals surface area contributed by atoms with Crippen LogP contribution in [-0.4, -0.2) is 20.2 Å². The number of nitrogens with zero attached hydrogens (tertiary/aromatic N) is 4. The molecule has 0 saturated heterocycles. The molecular formula is C9H15ClN4. The zero-order chi connectivity index (χ0) is 10.2. The summed E-state index contributed by atoms with van der Waals surface area (Å²) in [5, 5.41) is 11.5. The lowest BCUT2D eigenvalue weighted by molar-refractivity contribution is 0.123. The molecule has 1 aliphatic rings. The van der Waals surface area contributed by atoms with Crippen LogP contribution in [0.15, 0.2) is 0 Å². The van der Waals surface area contributed by atoms with Crippen LogP contribution in [0.2, 0.25) is 0 Å². The van der Waals surface area contributed by atoms with E-state index < -0.39 is 0 Å². The molecule has 1 atom stereocenters. The van der Waals surface area contributed by atoms with Gasteiger partial charge >= 0.3 is 0 Å². The van der Waals surface area contributed by atoms with E-state index in [4.69, 9.17) is 11.6 Å². The fourth-order valence-electron chi connectivity index (χ4n) is 1.91. The summed E-state index contributed by atoms with van der Waals surface area (Å²) in [5.74, 6) is 0.778. The molecule has 78 valence electrons. The van der Waals surface area contributed by atoms with Gasteiger partial charge in [-0.1, -0.05) is 13.3 Å². The first-order valence-corrected chi connectivity index (χ1v) is 5.44. The average molecular weight is 215 g/mol. The van der Waals surface area contributed by atoms with Crippen molar-refractivity contribution in [3.8, 4) is 0 Å². The Kier molecular flexibility index (Phi) is 2.47. The van der Waals surface area contributed by atoms with Gasteiger partial charge in [0.15, 0.2) is 5.82 Å². The van der Waals surface area contributed by atoms with Crippen molar-refractivity contribution >= 4 is 11.6 Å². The summed E-state index contributed by atoms with van der Waals surface area (Å²) in [4.78, 5) is 0. The molecule has 0 radical (unpaired) electrons. The summed E-state index contributed by atoms with van der Waals surface area (Å²) in [6.45, 7) is 5.07. The highest BCUT2D eigenvalue weighted by Gasteiger charge is 2.33. The van der Waals surface area contributed by atoms with Gasteiger partial charge in [-0.15, -0.1) is 16.7 Å². The van der Waals surface area contributed by atoms with Gasteiger partial charge in [0.2, 0.25) is 0 Å². The first kappa shape index (κ1) is 9.90. The third-order valence-electron chi connectivity index (χ3n) is 3.01.